The van der Waals surface area contributed by atoms with Crippen LogP contribution in [0.15, 0.2) is 0 Å². The minimum Gasteiger partial charge on any atom is -0.0651 e. The molecule has 0 bridgehead atoms. The number of hydrogen-bond donors (Lipinski definition) is 0. The highest BCUT2D eigenvalue weighted by Crippen LogP contribution is 2.21. The summed E-state index contributed by atoms with van der Waals surface area (Å²) in [5.74, 6) is 2.68. The molecule has 0 aromatic heterocycles. The molecule has 0 rings (SSSR count). The molecule has 0 amide bonds. The molecule has 0 aliphatic carbocycles. The molecule has 2 atom stereocenters. The lowest BCUT2D eigenvalue weighted by molar-refractivity contribution is 0.316. The van der Waals surface area contributed by atoms with Crippen LogP contribution in [-0.2, 0) is 0 Å². The Morgan fingerprint density at radius 2 is 1.40 bits per heavy atom. The summed E-state index contributed by atoms with van der Waals surface area (Å²) in [6, 6.07) is 0. The minimum absolute atomic E-state index is 0.865. The molecule has 62 valence electrons. The zero-order valence-corrected chi connectivity index (χ0v) is 8.15. The Bertz CT molecular complexity index is 74.1. The first kappa shape index (κ1) is 10.0. The fourth-order valence-corrected chi connectivity index (χ4v) is 1.38. The first-order chi connectivity index (χ1) is 4.57. The molecule has 0 fully saturated rings. The summed E-state index contributed by atoms with van der Waals surface area (Å²) in [4.78, 5) is 0. The molecule has 0 spiro atoms. The van der Waals surface area contributed by atoms with Gasteiger partial charge in [-0.2, -0.15) is 0 Å². The van der Waals surface area contributed by atoms with Crippen LogP contribution in [0.5, 0.6) is 0 Å². The van der Waals surface area contributed by atoms with Crippen LogP contribution in [0.2, 0.25) is 0 Å². The van der Waals surface area contributed by atoms with Crippen LogP contribution in [0.1, 0.15) is 47.5 Å². The zero-order chi connectivity index (χ0) is 8.15. The van der Waals surface area contributed by atoms with Crippen molar-refractivity contribution in [3.63, 3.8) is 0 Å². The maximum atomic E-state index is 2.37. The second-order valence-corrected chi connectivity index (χ2v) is 3.99. The van der Waals surface area contributed by atoms with Crippen molar-refractivity contribution >= 4 is 0 Å². The van der Waals surface area contributed by atoms with E-state index >= 15 is 0 Å². The van der Waals surface area contributed by atoms with E-state index in [1.165, 1.54) is 12.8 Å². The predicted molar refractivity (Wildman–Crippen MR) is 48.1 cm³/mol. The van der Waals surface area contributed by atoms with Gasteiger partial charge in [-0.05, 0) is 24.2 Å². The number of hydrogen-bond acceptors (Lipinski definition) is 0. The van der Waals surface area contributed by atoms with Gasteiger partial charge >= 0.3 is 0 Å². The van der Waals surface area contributed by atoms with E-state index in [2.05, 4.69) is 34.6 Å². The summed E-state index contributed by atoms with van der Waals surface area (Å²) >= 11 is 0. The van der Waals surface area contributed by atoms with Gasteiger partial charge < -0.3 is 0 Å². The van der Waals surface area contributed by atoms with Gasteiger partial charge in [-0.3, -0.25) is 0 Å². The highest BCUT2D eigenvalue weighted by atomic mass is 14.2. The third kappa shape index (κ3) is 3.92. The molecule has 1 unspecified atom stereocenters. The molecular weight excluding hydrogens is 120 g/mol. The van der Waals surface area contributed by atoms with Crippen LogP contribution in [0.25, 0.3) is 0 Å². The van der Waals surface area contributed by atoms with Crippen molar-refractivity contribution in [3.8, 4) is 0 Å². The lowest BCUT2D eigenvalue weighted by Gasteiger charge is -2.19. The smallest absolute Gasteiger partial charge is 0.0415 e. The van der Waals surface area contributed by atoms with Gasteiger partial charge in [0, 0.05) is 0 Å². The molecule has 10 heavy (non-hydrogen) atoms. The summed E-state index contributed by atoms with van der Waals surface area (Å²) in [6.07, 6.45) is 2.71. The third-order valence-corrected chi connectivity index (χ3v) is 2.46. The van der Waals surface area contributed by atoms with Crippen LogP contribution in [-0.4, -0.2) is 0 Å². The van der Waals surface area contributed by atoms with Crippen molar-refractivity contribution in [2.75, 3.05) is 0 Å². The maximum absolute atomic E-state index is 2.37. The Morgan fingerprint density at radius 3 is 1.70 bits per heavy atom. The minimum atomic E-state index is 0.865. The van der Waals surface area contributed by atoms with Gasteiger partial charge in [0.05, 0.1) is 0 Å². The van der Waals surface area contributed by atoms with Crippen LogP contribution in [0, 0.1) is 17.8 Å². The van der Waals surface area contributed by atoms with Crippen LogP contribution < -0.4 is 0 Å². The fourth-order valence-electron chi connectivity index (χ4n) is 1.38. The summed E-state index contributed by atoms with van der Waals surface area (Å²) in [6.45, 7) is 11.6. The molecule has 0 nitrogen and oxygen atoms in total. The van der Waals surface area contributed by atoms with Gasteiger partial charge in [0.2, 0.25) is 0 Å². The van der Waals surface area contributed by atoms with Crippen molar-refractivity contribution in [3.05, 3.63) is 0 Å². The van der Waals surface area contributed by atoms with E-state index in [1.807, 2.05) is 0 Å². The SMILES string of the molecule is CC[C@@H](C)C(C)CC(C)C. The van der Waals surface area contributed by atoms with Gasteiger partial charge in [-0.25, -0.2) is 0 Å². The Kier molecular flexibility index (Phi) is 4.76. The molecule has 0 aromatic rings. The molecule has 0 aliphatic heterocycles. The first-order valence-electron chi connectivity index (χ1n) is 4.57. The van der Waals surface area contributed by atoms with Crippen LogP contribution in [0.4, 0.5) is 0 Å². The third-order valence-electron chi connectivity index (χ3n) is 2.46. The molecule has 0 radical (unpaired) electrons. The first-order valence-corrected chi connectivity index (χ1v) is 4.57. The summed E-state index contributed by atoms with van der Waals surface area (Å²) in [7, 11) is 0. The Hall–Kier alpha value is 0. The van der Waals surface area contributed by atoms with E-state index < -0.39 is 0 Å². The average Bonchev–Trinajstić information content (AvgIpc) is 1.85. The van der Waals surface area contributed by atoms with Gasteiger partial charge in [-0.1, -0.05) is 41.0 Å². The standard InChI is InChI=1S/C10H22/c1-6-9(4)10(5)7-8(2)3/h8-10H,6-7H2,1-5H3/t9-,10?/m1/s1. The van der Waals surface area contributed by atoms with E-state index in [-0.39, 0.29) is 0 Å². The van der Waals surface area contributed by atoms with Crippen molar-refractivity contribution in [1.29, 1.82) is 0 Å². The average molecular weight is 142 g/mol. The fraction of sp³-hybridized carbons (Fsp3) is 1.00. The summed E-state index contributed by atoms with van der Waals surface area (Å²) in [5.41, 5.74) is 0. The zero-order valence-electron chi connectivity index (χ0n) is 8.15. The van der Waals surface area contributed by atoms with Crippen molar-refractivity contribution < 1.29 is 0 Å². The number of rotatable bonds is 4. The van der Waals surface area contributed by atoms with Gasteiger partial charge in [0.15, 0.2) is 0 Å². The lowest BCUT2D eigenvalue weighted by atomic mass is 9.87. The second-order valence-electron chi connectivity index (χ2n) is 3.99. The monoisotopic (exact) mass is 142 g/mol. The summed E-state index contributed by atoms with van der Waals surface area (Å²) in [5, 5.41) is 0. The molecule has 0 heterocycles. The topological polar surface area (TPSA) is 0 Å². The normalized spacial score (nSPS) is 17.4. The molecule has 0 aromatic carbocycles. The van der Waals surface area contributed by atoms with Gasteiger partial charge in [0.25, 0.3) is 0 Å². The highest BCUT2D eigenvalue weighted by Gasteiger charge is 2.10. The van der Waals surface area contributed by atoms with Gasteiger partial charge in [0.1, 0.15) is 0 Å². The van der Waals surface area contributed by atoms with Crippen molar-refractivity contribution in [2.24, 2.45) is 17.8 Å². The predicted octanol–water partition coefficient (Wildman–Crippen LogP) is 3.71. The lowest BCUT2D eigenvalue weighted by Crippen LogP contribution is -2.09. The van der Waals surface area contributed by atoms with E-state index in [0.29, 0.717) is 0 Å². The quantitative estimate of drug-likeness (QED) is 0.561. The van der Waals surface area contributed by atoms with Crippen molar-refractivity contribution in [2.45, 2.75) is 47.5 Å². The molecule has 0 heteroatoms. The molecule has 0 saturated heterocycles. The van der Waals surface area contributed by atoms with Crippen molar-refractivity contribution in [1.82, 2.24) is 0 Å². The van der Waals surface area contributed by atoms with E-state index in [1.54, 1.807) is 0 Å². The maximum Gasteiger partial charge on any atom is -0.0415 e. The molecule has 0 aliphatic rings. The molecule has 0 saturated carbocycles. The molecule has 0 N–H and O–H groups in total. The van der Waals surface area contributed by atoms with E-state index in [4.69, 9.17) is 0 Å². The summed E-state index contributed by atoms with van der Waals surface area (Å²) < 4.78 is 0. The van der Waals surface area contributed by atoms with E-state index in [0.717, 1.165) is 17.8 Å². The Balaban J connectivity index is 3.50. The highest BCUT2D eigenvalue weighted by molar-refractivity contribution is 4.61. The second kappa shape index (κ2) is 4.76. The Labute approximate surface area is 66.0 Å². The largest absolute Gasteiger partial charge is 0.0651 e. The van der Waals surface area contributed by atoms with Gasteiger partial charge in [-0.15, -0.1) is 0 Å². The van der Waals surface area contributed by atoms with Crippen LogP contribution in [0.3, 0.4) is 0 Å². The van der Waals surface area contributed by atoms with Crippen LogP contribution >= 0.6 is 0 Å². The Morgan fingerprint density at radius 1 is 0.900 bits per heavy atom. The molecular formula is C10H22. The van der Waals surface area contributed by atoms with E-state index in [9.17, 15) is 0 Å².